The Morgan fingerprint density at radius 3 is 2.57 bits per heavy atom. The second-order valence-corrected chi connectivity index (χ2v) is 6.04. The fourth-order valence-electron chi connectivity index (χ4n) is 2.67. The molecule has 1 rings (SSSR count). The van der Waals surface area contributed by atoms with Gasteiger partial charge in [-0.25, -0.2) is 0 Å². The lowest BCUT2D eigenvalue weighted by Crippen LogP contribution is -2.33. The summed E-state index contributed by atoms with van der Waals surface area (Å²) in [4.78, 5) is 11.6. The molecule has 1 amide bonds. The number of hydrogen-bond donors (Lipinski definition) is 2. The highest BCUT2D eigenvalue weighted by atomic mass is 16.5. The van der Waals surface area contributed by atoms with Gasteiger partial charge in [-0.15, -0.1) is 0 Å². The smallest absolute Gasteiger partial charge is 0.219 e. The molecule has 0 spiro atoms. The van der Waals surface area contributed by atoms with E-state index in [1.54, 1.807) is 0 Å². The number of carbonyl (C=O) groups excluding carboxylic acids is 1. The quantitative estimate of drug-likeness (QED) is 0.545. The highest BCUT2D eigenvalue weighted by molar-refractivity contribution is 5.75. The van der Waals surface area contributed by atoms with Crippen LogP contribution < -0.4 is 10.6 Å². The Labute approximate surface area is 130 Å². The predicted octanol–water partition coefficient (Wildman–Crippen LogP) is 3.01. The first kappa shape index (κ1) is 18.4. The van der Waals surface area contributed by atoms with Gasteiger partial charge in [0.15, 0.2) is 0 Å². The number of carbonyl (C=O) groups is 1. The van der Waals surface area contributed by atoms with Crippen LogP contribution >= 0.6 is 0 Å². The van der Waals surface area contributed by atoms with E-state index in [9.17, 15) is 4.79 Å². The Morgan fingerprint density at radius 2 is 1.81 bits per heavy atom. The Hall–Kier alpha value is -0.610. The van der Waals surface area contributed by atoms with Gasteiger partial charge >= 0.3 is 0 Å². The van der Waals surface area contributed by atoms with Crippen molar-refractivity contribution in [3.05, 3.63) is 0 Å². The molecule has 0 bridgehead atoms. The van der Waals surface area contributed by atoms with Gasteiger partial charge in [0.25, 0.3) is 0 Å². The van der Waals surface area contributed by atoms with Crippen molar-refractivity contribution in [1.82, 2.24) is 10.6 Å². The molecule has 0 saturated carbocycles. The molecule has 124 valence electrons. The fourth-order valence-corrected chi connectivity index (χ4v) is 2.67. The summed E-state index contributed by atoms with van der Waals surface area (Å²) in [5, 5.41) is 6.32. The minimum Gasteiger partial charge on any atom is -0.378 e. The van der Waals surface area contributed by atoms with Gasteiger partial charge in [-0.1, -0.05) is 39.0 Å². The number of amides is 1. The molecule has 0 aromatic rings. The summed E-state index contributed by atoms with van der Waals surface area (Å²) in [6.45, 7) is 5.88. The molecule has 4 nitrogen and oxygen atoms in total. The van der Waals surface area contributed by atoms with Gasteiger partial charge in [0.2, 0.25) is 5.91 Å². The Kier molecular flexibility index (Phi) is 11.5. The van der Waals surface area contributed by atoms with E-state index < -0.39 is 0 Å². The number of nitrogens with one attached hydrogen (secondary N) is 2. The predicted molar refractivity (Wildman–Crippen MR) is 87.5 cm³/mol. The molecular formula is C17H34N2O2. The number of rotatable bonds is 12. The Morgan fingerprint density at radius 1 is 1.10 bits per heavy atom. The van der Waals surface area contributed by atoms with E-state index in [4.69, 9.17) is 4.74 Å². The van der Waals surface area contributed by atoms with Gasteiger partial charge in [-0.2, -0.15) is 0 Å². The lowest BCUT2D eigenvalue weighted by atomic mass is 10.1. The molecule has 0 aromatic heterocycles. The van der Waals surface area contributed by atoms with Gasteiger partial charge in [0.05, 0.1) is 6.10 Å². The first-order valence-corrected chi connectivity index (χ1v) is 8.92. The first-order valence-electron chi connectivity index (χ1n) is 8.92. The van der Waals surface area contributed by atoms with E-state index in [0.717, 1.165) is 51.9 Å². The van der Waals surface area contributed by atoms with Crippen molar-refractivity contribution < 1.29 is 9.53 Å². The molecule has 0 aliphatic carbocycles. The lowest BCUT2D eigenvalue weighted by molar-refractivity contribution is -0.121. The maximum absolute atomic E-state index is 11.6. The average molecular weight is 298 g/mol. The number of unbranched alkanes of at least 4 members (excludes halogenated alkanes) is 5. The fraction of sp³-hybridized carbons (Fsp3) is 0.941. The third kappa shape index (κ3) is 10.7. The van der Waals surface area contributed by atoms with Crippen LogP contribution in [0.1, 0.15) is 71.1 Å². The zero-order valence-electron chi connectivity index (χ0n) is 13.8. The zero-order chi connectivity index (χ0) is 15.2. The number of ether oxygens (including phenoxy) is 1. The largest absolute Gasteiger partial charge is 0.378 e. The van der Waals surface area contributed by atoms with Crippen LogP contribution in [0.5, 0.6) is 0 Å². The van der Waals surface area contributed by atoms with Crippen LogP contribution in [0.3, 0.4) is 0 Å². The van der Waals surface area contributed by atoms with Gasteiger partial charge in [0.1, 0.15) is 0 Å². The SMILES string of the molecule is CCCCCCCCC(=O)NCCCOC1CCNCC1. The van der Waals surface area contributed by atoms with Gasteiger partial charge in [-0.05, 0) is 38.8 Å². The Bertz CT molecular complexity index is 253. The topological polar surface area (TPSA) is 50.4 Å². The third-order valence-corrected chi connectivity index (χ3v) is 4.04. The third-order valence-electron chi connectivity index (χ3n) is 4.04. The molecular weight excluding hydrogens is 264 g/mol. The van der Waals surface area contributed by atoms with Crippen molar-refractivity contribution in [2.75, 3.05) is 26.2 Å². The number of piperidine rings is 1. The molecule has 0 atom stereocenters. The normalized spacial score (nSPS) is 16.0. The van der Waals surface area contributed by atoms with Crippen molar-refractivity contribution in [3.8, 4) is 0 Å². The molecule has 1 saturated heterocycles. The van der Waals surface area contributed by atoms with Crippen LogP contribution in [0.25, 0.3) is 0 Å². The molecule has 1 aliphatic rings. The van der Waals surface area contributed by atoms with E-state index in [-0.39, 0.29) is 5.91 Å². The van der Waals surface area contributed by atoms with Crippen LogP contribution in [0, 0.1) is 0 Å². The van der Waals surface area contributed by atoms with E-state index in [1.807, 2.05) is 0 Å². The summed E-state index contributed by atoms with van der Waals surface area (Å²) in [6, 6.07) is 0. The van der Waals surface area contributed by atoms with Gasteiger partial charge in [0, 0.05) is 19.6 Å². The van der Waals surface area contributed by atoms with E-state index in [2.05, 4.69) is 17.6 Å². The molecule has 1 heterocycles. The molecule has 4 heteroatoms. The second kappa shape index (κ2) is 13.1. The zero-order valence-corrected chi connectivity index (χ0v) is 13.8. The minimum absolute atomic E-state index is 0.201. The molecule has 0 radical (unpaired) electrons. The molecule has 21 heavy (non-hydrogen) atoms. The van der Waals surface area contributed by atoms with Crippen LogP contribution in [0.4, 0.5) is 0 Å². The maximum Gasteiger partial charge on any atom is 0.219 e. The molecule has 0 unspecified atom stereocenters. The lowest BCUT2D eigenvalue weighted by Gasteiger charge is -2.22. The summed E-state index contributed by atoms with van der Waals surface area (Å²) in [6.07, 6.45) is 11.7. The van der Waals surface area contributed by atoms with Crippen molar-refractivity contribution in [2.24, 2.45) is 0 Å². The maximum atomic E-state index is 11.6. The van der Waals surface area contributed by atoms with Crippen LogP contribution in [0.2, 0.25) is 0 Å². The minimum atomic E-state index is 0.201. The van der Waals surface area contributed by atoms with Crippen molar-refractivity contribution in [2.45, 2.75) is 77.2 Å². The molecule has 1 aliphatic heterocycles. The summed E-state index contributed by atoms with van der Waals surface area (Å²) in [7, 11) is 0. The highest BCUT2D eigenvalue weighted by Crippen LogP contribution is 2.08. The van der Waals surface area contributed by atoms with E-state index >= 15 is 0 Å². The summed E-state index contributed by atoms with van der Waals surface area (Å²) in [5.41, 5.74) is 0. The summed E-state index contributed by atoms with van der Waals surface area (Å²) < 4.78 is 5.81. The first-order chi connectivity index (χ1) is 10.3. The average Bonchev–Trinajstić information content (AvgIpc) is 2.51. The van der Waals surface area contributed by atoms with E-state index in [0.29, 0.717) is 12.5 Å². The van der Waals surface area contributed by atoms with Crippen LogP contribution in [0.15, 0.2) is 0 Å². The summed E-state index contributed by atoms with van der Waals surface area (Å²) in [5.74, 6) is 0.201. The molecule has 0 aromatic carbocycles. The molecule has 2 N–H and O–H groups in total. The van der Waals surface area contributed by atoms with E-state index in [1.165, 1.54) is 32.1 Å². The van der Waals surface area contributed by atoms with Crippen molar-refractivity contribution >= 4 is 5.91 Å². The van der Waals surface area contributed by atoms with Gasteiger partial charge < -0.3 is 15.4 Å². The second-order valence-electron chi connectivity index (χ2n) is 6.04. The van der Waals surface area contributed by atoms with Crippen LogP contribution in [-0.2, 0) is 9.53 Å². The van der Waals surface area contributed by atoms with Crippen molar-refractivity contribution in [1.29, 1.82) is 0 Å². The summed E-state index contributed by atoms with van der Waals surface area (Å²) >= 11 is 0. The standard InChI is InChI=1S/C17H34N2O2/c1-2-3-4-5-6-7-9-17(20)19-12-8-15-21-16-10-13-18-14-11-16/h16,18H,2-15H2,1H3,(H,19,20). The van der Waals surface area contributed by atoms with Crippen molar-refractivity contribution in [3.63, 3.8) is 0 Å². The van der Waals surface area contributed by atoms with Crippen LogP contribution in [-0.4, -0.2) is 38.3 Å². The number of hydrogen-bond acceptors (Lipinski definition) is 3. The highest BCUT2D eigenvalue weighted by Gasteiger charge is 2.12. The molecule has 1 fully saturated rings. The Balaban J connectivity index is 1.82. The van der Waals surface area contributed by atoms with Gasteiger partial charge in [-0.3, -0.25) is 4.79 Å². The monoisotopic (exact) mass is 298 g/mol.